The largest absolute Gasteiger partial charge is 0.396 e. The van der Waals surface area contributed by atoms with Crippen molar-refractivity contribution in [1.82, 2.24) is 5.32 Å². The van der Waals surface area contributed by atoms with Gasteiger partial charge in [0.25, 0.3) is 0 Å². The molecular formula is C13H11F5N2O3. The van der Waals surface area contributed by atoms with Crippen LogP contribution in [0, 0.1) is 34.5 Å². The van der Waals surface area contributed by atoms with E-state index in [0.717, 1.165) is 0 Å². The predicted molar refractivity (Wildman–Crippen MR) is 66.6 cm³/mol. The molecule has 5 nitrogen and oxygen atoms in total. The van der Waals surface area contributed by atoms with Crippen LogP contribution in [0.4, 0.5) is 27.6 Å². The predicted octanol–water partition coefficient (Wildman–Crippen LogP) is 1.21. The maximum atomic E-state index is 13.4. The minimum absolute atomic E-state index is 0.0488. The molecule has 0 bridgehead atoms. The number of hydrogen-bond donors (Lipinski definition) is 3. The van der Waals surface area contributed by atoms with E-state index in [1.807, 2.05) is 0 Å². The van der Waals surface area contributed by atoms with Crippen molar-refractivity contribution < 1.29 is 36.6 Å². The van der Waals surface area contributed by atoms with E-state index in [0.29, 0.717) is 12.8 Å². The summed E-state index contributed by atoms with van der Waals surface area (Å²) in [5.74, 6) is -14.3. The average molecular weight is 338 g/mol. The zero-order chi connectivity index (χ0) is 17.4. The first-order valence-electron chi connectivity index (χ1n) is 6.44. The minimum atomic E-state index is -2.37. The van der Waals surface area contributed by atoms with Gasteiger partial charge in [0.2, 0.25) is 5.82 Å². The summed E-state index contributed by atoms with van der Waals surface area (Å²) in [4.78, 5) is 23.0. The number of halogens is 5. The van der Waals surface area contributed by atoms with Crippen LogP contribution in [0.3, 0.4) is 0 Å². The van der Waals surface area contributed by atoms with Crippen molar-refractivity contribution in [3.8, 4) is 0 Å². The first kappa shape index (κ1) is 17.1. The number of hydrogen-bond acceptors (Lipinski definition) is 3. The Morgan fingerprint density at radius 1 is 0.913 bits per heavy atom. The van der Waals surface area contributed by atoms with E-state index in [9.17, 15) is 31.5 Å². The summed E-state index contributed by atoms with van der Waals surface area (Å²) in [6.45, 7) is -0.264. The van der Waals surface area contributed by atoms with Crippen molar-refractivity contribution in [1.29, 1.82) is 0 Å². The molecule has 126 valence electrons. The molecule has 0 saturated heterocycles. The highest BCUT2D eigenvalue weighted by Gasteiger charge is 2.42. The van der Waals surface area contributed by atoms with Crippen molar-refractivity contribution in [3.63, 3.8) is 0 Å². The Morgan fingerprint density at radius 3 is 1.83 bits per heavy atom. The summed E-state index contributed by atoms with van der Waals surface area (Å²) in [6, 6.07) is 0. The molecule has 23 heavy (non-hydrogen) atoms. The molecule has 0 heterocycles. The molecule has 3 N–H and O–H groups in total. The average Bonchev–Trinajstić information content (AvgIpc) is 3.33. The molecular weight excluding hydrogens is 327 g/mol. The quantitative estimate of drug-likeness (QED) is 0.334. The van der Waals surface area contributed by atoms with Gasteiger partial charge in [0.15, 0.2) is 23.3 Å². The molecule has 0 aliphatic heterocycles. The fourth-order valence-electron chi connectivity index (χ4n) is 1.80. The number of nitrogens with one attached hydrogen (secondary N) is 2. The first-order valence-corrected chi connectivity index (χ1v) is 6.44. The smallest absolute Gasteiger partial charge is 0.313 e. The van der Waals surface area contributed by atoms with Gasteiger partial charge in [-0.05, 0) is 12.8 Å². The van der Waals surface area contributed by atoms with Crippen LogP contribution in [0.15, 0.2) is 0 Å². The molecule has 0 aromatic heterocycles. The molecule has 0 unspecified atom stereocenters. The molecule has 1 aliphatic carbocycles. The van der Waals surface area contributed by atoms with E-state index < -0.39 is 52.0 Å². The van der Waals surface area contributed by atoms with Crippen LogP contribution in [0.25, 0.3) is 0 Å². The third kappa shape index (κ3) is 3.26. The first-order chi connectivity index (χ1) is 10.7. The van der Waals surface area contributed by atoms with Crippen molar-refractivity contribution in [2.75, 3.05) is 18.5 Å². The van der Waals surface area contributed by atoms with Gasteiger partial charge in [0.05, 0.1) is 6.61 Å². The maximum Gasteiger partial charge on any atom is 0.313 e. The Balaban J connectivity index is 2.10. The minimum Gasteiger partial charge on any atom is -0.396 e. The van der Waals surface area contributed by atoms with Crippen LogP contribution in [-0.4, -0.2) is 30.1 Å². The van der Waals surface area contributed by atoms with E-state index in [2.05, 4.69) is 5.32 Å². The second-order valence-electron chi connectivity index (χ2n) is 5.24. The summed E-state index contributed by atoms with van der Waals surface area (Å²) in [5, 5.41) is 12.5. The van der Waals surface area contributed by atoms with Gasteiger partial charge >= 0.3 is 11.8 Å². The van der Waals surface area contributed by atoms with Crippen LogP contribution in [-0.2, 0) is 9.59 Å². The molecule has 1 aromatic rings. The zero-order valence-electron chi connectivity index (χ0n) is 11.5. The summed E-state index contributed by atoms with van der Waals surface area (Å²) in [7, 11) is 0. The van der Waals surface area contributed by atoms with Gasteiger partial charge in [0, 0.05) is 12.0 Å². The van der Waals surface area contributed by atoms with Gasteiger partial charge < -0.3 is 15.7 Å². The number of aliphatic hydroxyl groups is 1. The number of rotatable bonds is 4. The van der Waals surface area contributed by atoms with E-state index in [-0.39, 0.29) is 13.2 Å². The SMILES string of the molecule is O=C(NCC1(CO)CC1)C(=O)Nc1c(F)c(F)c(F)c(F)c1F. The molecule has 1 saturated carbocycles. The Bertz CT molecular complexity index is 647. The van der Waals surface area contributed by atoms with Gasteiger partial charge in [-0.15, -0.1) is 0 Å². The van der Waals surface area contributed by atoms with Crippen molar-refractivity contribution >= 4 is 17.5 Å². The molecule has 0 radical (unpaired) electrons. The van der Waals surface area contributed by atoms with Crippen LogP contribution in [0.5, 0.6) is 0 Å². The molecule has 1 aliphatic rings. The van der Waals surface area contributed by atoms with Crippen molar-refractivity contribution in [3.05, 3.63) is 29.1 Å². The zero-order valence-corrected chi connectivity index (χ0v) is 11.5. The summed E-state index contributed by atoms with van der Waals surface area (Å²) in [6.07, 6.45) is 1.26. The number of benzene rings is 1. The van der Waals surface area contributed by atoms with Crippen LogP contribution in [0.2, 0.25) is 0 Å². The Morgan fingerprint density at radius 2 is 1.39 bits per heavy atom. The fraction of sp³-hybridized carbons (Fsp3) is 0.385. The molecule has 2 amide bonds. The second-order valence-corrected chi connectivity index (χ2v) is 5.24. The highest BCUT2D eigenvalue weighted by molar-refractivity contribution is 6.39. The van der Waals surface area contributed by atoms with Gasteiger partial charge in [-0.1, -0.05) is 0 Å². The molecule has 0 atom stereocenters. The number of anilines is 1. The van der Waals surface area contributed by atoms with Gasteiger partial charge in [-0.25, -0.2) is 22.0 Å². The van der Waals surface area contributed by atoms with E-state index in [4.69, 9.17) is 5.11 Å². The lowest BCUT2D eigenvalue weighted by molar-refractivity contribution is -0.136. The topological polar surface area (TPSA) is 78.4 Å². The lowest BCUT2D eigenvalue weighted by Gasteiger charge is -2.13. The van der Waals surface area contributed by atoms with Gasteiger partial charge in [-0.2, -0.15) is 0 Å². The monoisotopic (exact) mass is 338 g/mol. The molecule has 1 fully saturated rings. The van der Waals surface area contributed by atoms with E-state index in [1.165, 1.54) is 5.32 Å². The standard InChI is InChI=1S/C13H11F5N2O3/c14-5-6(15)8(17)10(9(18)7(5)16)20-12(23)11(22)19-3-13(4-21)1-2-13/h21H,1-4H2,(H,19,22)(H,20,23). The highest BCUT2D eigenvalue weighted by Crippen LogP contribution is 2.44. The number of carbonyl (C=O) groups excluding carboxylic acids is 2. The normalized spacial score (nSPS) is 15.2. The second kappa shape index (κ2) is 6.11. The Labute approximate surface area is 126 Å². The lowest BCUT2D eigenvalue weighted by Crippen LogP contribution is -2.39. The Hall–Kier alpha value is -2.23. The molecule has 0 spiro atoms. The van der Waals surface area contributed by atoms with Crippen LogP contribution in [0.1, 0.15) is 12.8 Å². The highest BCUT2D eigenvalue weighted by atomic mass is 19.2. The van der Waals surface area contributed by atoms with E-state index >= 15 is 0 Å². The van der Waals surface area contributed by atoms with Crippen molar-refractivity contribution in [2.45, 2.75) is 12.8 Å². The summed E-state index contributed by atoms with van der Waals surface area (Å²) in [5.41, 5.74) is -2.13. The van der Waals surface area contributed by atoms with Crippen LogP contribution >= 0.6 is 0 Å². The van der Waals surface area contributed by atoms with Crippen LogP contribution < -0.4 is 10.6 Å². The summed E-state index contributed by atoms with van der Waals surface area (Å²) < 4.78 is 65.5. The molecule has 2 rings (SSSR count). The fourth-order valence-corrected chi connectivity index (χ4v) is 1.80. The van der Waals surface area contributed by atoms with E-state index in [1.54, 1.807) is 0 Å². The summed E-state index contributed by atoms with van der Waals surface area (Å²) >= 11 is 0. The molecule has 10 heteroatoms. The van der Waals surface area contributed by atoms with Gasteiger partial charge in [-0.3, -0.25) is 9.59 Å². The number of amides is 2. The Kier molecular flexibility index (Phi) is 4.55. The molecule has 1 aromatic carbocycles. The lowest BCUT2D eigenvalue weighted by atomic mass is 10.1. The maximum absolute atomic E-state index is 13.4. The number of aliphatic hydroxyl groups excluding tert-OH is 1. The van der Waals surface area contributed by atoms with Gasteiger partial charge in [0.1, 0.15) is 5.69 Å². The number of carbonyl (C=O) groups is 2. The third-order valence-electron chi connectivity index (χ3n) is 3.57. The van der Waals surface area contributed by atoms with Crippen molar-refractivity contribution in [2.24, 2.45) is 5.41 Å². The third-order valence-corrected chi connectivity index (χ3v) is 3.57.